The van der Waals surface area contributed by atoms with Gasteiger partial charge in [0.2, 0.25) is 5.79 Å². The van der Waals surface area contributed by atoms with E-state index in [-0.39, 0.29) is 0 Å². The summed E-state index contributed by atoms with van der Waals surface area (Å²) in [5.41, 5.74) is 0. The van der Waals surface area contributed by atoms with E-state index in [9.17, 15) is 0 Å². The molecule has 0 saturated heterocycles. The van der Waals surface area contributed by atoms with Crippen molar-refractivity contribution in [3.8, 4) is 0 Å². The molecule has 5 heteroatoms. The number of rotatable bonds is 2. The van der Waals surface area contributed by atoms with Crippen LogP contribution in [0.4, 0.5) is 0 Å². The second-order valence-electron chi connectivity index (χ2n) is 3.56. The molecule has 0 radical (unpaired) electrons. The number of hydrogen-bond donors (Lipinski definition) is 0. The maximum atomic E-state index is 5.52. The molecule has 76 valence electrons. The van der Waals surface area contributed by atoms with Crippen LogP contribution < -0.4 is 0 Å². The predicted octanol–water partition coefficient (Wildman–Crippen LogP) is 2.27. The van der Waals surface area contributed by atoms with Gasteiger partial charge >= 0.3 is 0 Å². The Hall–Kier alpha value is -0.970. The average molecular weight is 259 g/mol. The number of aromatic nitrogens is 2. The summed E-state index contributed by atoms with van der Waals surface area (Å²) in [6, 6.07) is 0. The molecule has 14 heavy (non-hydrogen) atoms. The van der Waals surface area contributed by atoms with E-state index >= 15 is 0 Å². The van der Waals surface area contributed by atoms with Crippen molar-refractivity contribution in [2.75, 3.05) is 0 Å². The molecular formula is C9H11BrN2O2. The first-order valence-electron chi connectivity index (χ1n) is 4.29. The van der Waals surface area contributed by atoms with Crippen molar-refractivity contribution < 1.29 is 9.47 Å². The lowest BCUT2D eigenvalue weighted by Gasteiger charge is -2.18. The maximum absolute atomic E-state index is 5.52. The maximum Gasteiger partial charge on any atom is 0.244 e. The second-order valence-corrected chi connectivity index (χ2v) is 4.48. The first-order valence-corrected chi connectivity index (χ1v) is 5.08. The van der Waals surface area contributed by atoms with Crippen molar-refractivity contribution in [3.63, 3.8) is 0 Å². The highest BCUT2D eigenvalue weighted by Gasteiger charge is 2.27. The minimum atomic E-state index is -0.542. The third-order valence-corrected chi connectivity index (χ3v) is 2.18. The van der Waals surface area contributed by atoms with Gasteiger partial charge in [0, 0.05) is 20.0 Å². The van der Waals surface area contributed by atoms with Gasteiger partial charge in [0.15, 0.2) is 5.76 Å². The highest BCUT2D eigenvalue weighted by Crippen LogP contribution is 2.25. The van der Waals surface area contributed by atoms with Gasteiger partial charge in [-0.3, -0.25) is 4.68 Å². The molecule has 0 atom stereocenters. The number of ether oxygens (including phenoxy) is 2. The summed E-state index contributed by atoms with van der Waals surface area (Å²) in [4.78, 5) is 0. The van der Waals surface area contributed by atoms with Gasteiger partial charge in [0.1, 0.15) is 12.8 Å². The molecule has 0 aliphatic carbocycles. The van der Waals surface area contributed by atoms with E-state index in [4.69, 9.17) is 9.47 Å². The van der Waals surface area contributed by atoms with E-state index < -0.39 is 5.79 Å². The zero-order valence-electron chi connectivity index (χ0n) is 8.03. The van der Waals surface area contributed by atoms with Crippen LogP contribution in [0.2, 0.25) is 0 Å². The summed E-state index contributed by atoms with van der Waals surface area (Å²) in [7, 11) is 0. The summed E-state index contributed by atoms with van der Waals surface area (Å²) in [5.74, 6) is 0.241. The van der Waals surface area contributed by atoms with Gasteiger partial charge in [0.25, 0.3) is 0 Å². The highest BCUT2D eigenvalue weighted by atomic mass is 79.9. The van der Waals surface area contributed by atoms with Crippen LogP contribution in [0.15, 0.2) is 28.9 Å². The lowest BCUT2D eigenvalue weighted by Crippen LogP contribution is -2.21. The SMILES string of the molecule is CC1(C)OC=C(Cn2cc(Br)cn2)O1. The van der Waals surface area contributed by atoms with E-state index in [1.807, 2.05) is 20.0 Å². The minimum Gasteiger partial charge on any atom is -0.457 e. The molecule has 4 nitrogen and oxygen atoms in total. The fourth-order valence-electron chi connectivity index (χ4n) is 1.23. The van der Waals surface area contributed by atoms with Crippen molar-refractivity contribution in [2.45, 2.75) is 26.2 Å². The summed E-state index contributed by atoms with van der Waals surface area (Å²) >= 11 is 3.33. The number of nitrogens with zero attached hydrogens (tertiary/aromatic N) is 2. The fourth-order valence-corrected chi connectivity index (χ4v) is 1.55. The van der Waals surface area contributed by atoms with Gasteiger partial charge in [-0.15, -0.1) is 0 Å². The van der Waals surface area contributed by atoms with E-state index in [0.29, 0.717) is 6.54 Å². The van der Waals surface area contributed by atoms with Crippen LogP contribution in [0.1, 0.15) is 13.8 Å². The summed E-state index contributed by atoms with van der Waals surface area (Å²) < 4.78 is 13.6. The number of halogens is 1. The molecule has 1 aliphatic heterocycles. The molecule has 0 aromatic carbocycles. The first kappa shape index (κ1) is 9.58. The Morgan fingerprint density at radius 2 is 2.36 bits per heavy atom. The van der Waals surface area contributed by atoms with Crippen LogP contribution in [-0.4, -0.2) is 15.6 Å². The van der Waals surface area contributed by atoms with Crippen LogP contribution in [0.25, 0.3) is 0 Å². The third kappa shape index (κ3) is 2.09. The Kier molecular flexibility index (Phi) is 2.26. The molecule has 1 aromatic heterocycles. The fraction of sp³-hybridized carbons (Fsp3) is 0.444. The van der Waals surface area contributed by atoms with E-state index in [1.165, 1.54) is 0 Å². The molecule has 0 saturated carbocycles. The summed E-state index contributed by atoms with van der Waals surface area (Å²) in [6.45, 7) is 4.33. The van der Waals surface area contributed by atoms with Gasteiger partial charge in [-0.05, 0) is 15.9 Å². The molecule has 0 spiro atoms. The lowest BCUT2D eigenvalue weighted by molar-refractivity contribution is -0.118. The molecule has 0 amide bonds. The van der Waals surface area contributed by atoms with Gasteiger partial charge in [0.05, 0.1) is 10.7 Å². The molecule has 0 unspecified atom stereocenters. The Labute approximate surface area is 90.6 Å². The largest absolute Gasteiger partial charge is 0.457 e. The van der Waals surface area contributed by atoms with Crippen molar-refractivity contribution >= 4 is 15.9 Å². The van der Waals surface area contributed by atoms with Crippen molar-refractivity contribution in [1.29, 1.82) is 0 Å². The van der Waals surface area contributed by atoms with E-state index in [0.717, 1.165) is 10.2 Å². The van der Waals surface area contributed by atoms with Gasteiger partial charge in [-0.1, -0.05) is 0 Å². The third-order valence-electron chi connectivity index (χ3n) is 1.77. The molecule has 0 fully saturated rings. The summed E-state index contributed by atoms with van der Waals surface area (Å²) in [5, 5.41) is 4.12. The van der Waals surface area contributed by atoms with Crippen LogP contribution >= 0.6 is 15.9 Å². The molecule has 0 N–H and O–H groups in total. The number of allylic oxidation sites excluding steroid dienone is 1. The quantitative estimate of drug-likeness (QED) is 0.817. The second kappa shape index (κ2) is 3.31. The van der Waals surface area contributed by atoms with Crippen LogP contribution in [0, 0.1) is 0 Å². The first-order chi connectivity index (χ1) is 6.55. The van der Waals surface area contributed by atoms with E-state index in [1.54, 1.807) is 17.1 Å². The Balaban J connectivity index is 2.00. The van der Waals surface area contributed by atoms with Crippen molar-refractivity contribution in [3.05, 3.63) is 28.9 Å². The van der Waals surface area contributed by atoms with Crippen LogP contribution in [0.5, 0.6) is 0 Å². The van der Waals surface area contributed by atoms with E-state index in [2.05, 4.69) is 21.0 Å². The highest BCUT2D eigenvalue weighted by molar-refractivity contribution is 9.10. The zero-order valence-corrected chi connectivity index (χ0v) is 9.61. The van der Waals surface area contributed by atoms with Crippen molar-refractivity contribution in [1.82, 2.24) is 9.78 Å². The molecule has 2 rings (SSSR count). The van der Waals surface area contributed by atoms with Gasteiger partial charge in [-0.2, -0.15) is 5.10 Å². The minimum absolute atomic E-state index is 0.542. The predicted molar refractivity (Wildman–Crippen MR) is 54.3 cm³/mol. The monoisotopic (exact) mass is 258 g/mol. The molecule has 0 bridgehead atoms. The standard InChI is InChI=1S/C9H11BrN2O2/c1-9(2)13-6-8(14-9)5-12-4-7(10)3-11-12/h3-4,6H,5H2,1-2H3. The van der Waals surface area contributed by atoms with Crippen LogP contribution in [0.3, 0.4) is 0 Å². The zero-order chi connectivity index (χ0) is 10.2. The smallest absolute Gasteiger partial charge is 0.244 e. The Morgan fingerprint density at radius 1 is 1.57 bits per heavy atom. The Morgan fingerprint density at radius 3 is 2.86 bits per heavy atom. The molecule has 2 heterocycles. The van der Waals surface area contributed by atoms with Gasteiger partial charge < -0.3 is 9.47 Å². The molecular weight excluding hydrogens is 248 g/mol. The number of hydrogen-bond acceptors (Lipinski definition) is 3. The summed E-state index contributed by atoms with van der Waals surface area (Å²) in [6.07, 6.45) is 5.26. The molecule has 1 aromatic rings. The topological polar surface area (TPSA) is 36.3 Å². The normalized spacial score (nSPS) is 18.6. The Bertz CT molecular complexity index is 371. The average Bonchev–Trinajstić information content (AvgIpc) is 2.59. The van der Waals surface area contributed by atoms with Gasteiger partial charge in [-0.25, -0.2) is 0 Å². The molecule has 1 aliphatic rings. The van der Waals surface area contributed by atoms with Crippen LogP contribution in [-0.2, 0) is 16.0 Å². The lowest BCUT2D eigenvalue weighted by atomic mass is 10.4. The van der Waals surface area contributed by atoms with Crippen molar-refractivity contribution in [2.24, 2.45) is 0 Å².